The van der Waals surface area contributed by atoms with Crippen LogP contribution >= 0.6 is 22.6 Å². The third kappa shape index (κ3) is 1.89. The fourth-order valence-electron chi connectivity index (χ4n) is 1.99. The Balaban J connectivity index is 2.88. The Morgan fingerprint density at radius 2 is 1.67 bits per heavy atom. The molecular weight excluding hydrogens is 295 g/mol. The van der Waals surface area contributed by atoms with E-state index in [1.807, 2.05) is 0 Å². The molecule has 2 aromatic carbocycles. The van der Waals surface area contributed by atoms with Crippen LogP contribution in [0, 0.1) is 10.5 Å². The maximum absolute atomic E-state index is 2.43. The monoisotopic (exact) mass is 310 g/mol. The third-order valence-corrected chi connectivity index (χ3v) is 4.03. The Kier molecular flexibility index (Phi) is 3.01. The number of aryl methyl sites for hydroxylation is 1. The van der Waals surface area contributed by atoms with E-state index in [1.54, 1.807) is 0 Å². The van der Waals surface area contributed by atoms with Crippen LogP contribution in [0.2, 0.25) is 0 Å². The largest absolute Gasteiger partial charge is 0.0616 e. The molecule has 1 heteroatoms. The van der Waals surface area contributed by atoms with E-state index >= 15 is 0 Å². The van der Waals surface area contributed by atoms with E-state index in [1.165, 1.54) is 25.5 Å². The molecule has 15 heavy (non-hydrogen) atoms. The number of hydrogen-bond donors (Lipinski definition) is 0. The van der Waals surface area contributed by atoms with Crippen molar-refractivity contribution in [2.45, 2.75) is 26.7 Å². The molecule has 2 rings (SSSR count). The van der Waals surface area contributed by atoms with Crippen molar-refractivity contribution < 1.29 is 0 Å². The Labute approximate surface area is 105 Å². The van der Waals surface area contributed by atoms with E-state index in [0.717, 1.165) is 0 Å². The molecule has 0 aromatic heterocycles. The minimum absolute atomic E-state index is 0.587. The first-order valence-corrected chi connectivity index (χ1v) is 6.37. The highest BCUT2D eigenvalue weighted by atomic mass is 127. The Morgan fingerprint density at radius 1 is 1.07 bits per heavy atom. The van der Waals surface area contributed by atoms with Crippen molar-refractivity contribution in [2.24, 2.45) is 0 Å². The molecule has 78 valence electrons. The summed E-state index contributed by atoms with van der Waals surface area (Å²) in [6.45, 7) is 6.72. The topological polar surface area (TPSA) is 0 Å². The van der Waals surface area contributed by atoms with Crippen molar-refractivity contribution in [1.82, 2.24) is 0 Å². The van der Waals surface area contributed by atoms with Gasteiger partial charge in [0.05, 0.1) is 0 Å². The van der Waals surface area contributed by atoms with Crippen molar-refractivity contribution in [3.8, 4) is 0 Å². The first kappa shape index (κ1) is 10.9. The smallest absolute Gasteiger partial charge is 0.0168 e. The highest BCUT2D eigenvalue weighted by molar-refractivity contribution is 14.1. The van der Waals surface area contributed by atoms with Gasteiger partial charge in [-0.3, -0.25) is 0 Å². The summed E-state index contributed by atoms with van der Waals surface area (Å²) in [5.41, 5.74) is 2.86. The van der Waals surface area contributed by atoms with E-state index in [4.69, 9.17) is 0 Å². The van der Waals surface area contributed by atoms with Gasteiger partial charge in [-0.25, -0.2) is 0 Å². The fourth-order valence-corrected chi connectivity index (χ4v) is 2.62. The molecule has 0 spiro atoms. The van der Waals surface area contributed by atoms with Gasteiger partial charge < -0.3 is 0 Å². The summed E-state index contributed by atoms with van der Waals surface area (Å²) in [6, 6.07) is 11.0. The Morgan fingerprint density at radius 3 is 2.27 bits per heavy atom. The summed E-state index contributed by atoms with van der Waals surface area (Å²) < 4.78 is 1.37. The van der Waals surface area contributed by atoms with Gasteiger partial charge >= 0.3 is 0 Å². The average Bonchev–Trinajstić information content (AvgIpc) is 2.23. The van der Waals surface area contributed by atoms with Crippen molar-refractivity contribution >= 4 is 33.4 Å². The molecule has 0 unspecified atom stereocenters. The summed E-state index contributed by atoms with van der Waals surface area (Å²) in [5, 5.41) is 2.80. The molecule has 0 heterocycles. The second-order valence-electron chi connectivity index (χ2n) is 4.27. The zero-order valence-electron chi connectivity index (χ0n) is 9.34. The van der Waals surface area contributed by atoms with Gasteiger partial charge in [-0.05, 0) is 63.4 Å². The summed E-state index contributed by atoms with van der Waals surface area (Å²) in [6.07, 6.45) is 0. The van der Waals surface area contributed by atoms with Gasteiger partial charge in [0.2, 0.25) is 0 Å². The molecule has 2 aromatic rings. The molecule has 0 aliphatic carbocycles. The van der Waals surface area contributed by atoms with Crippen molar-refractivity contribution in [3.05, 3.63) is 45.0 Å². The lowest BCUT2D eigenvalue weighted by Crippen LogP contribution is -1.93. The fraction of sp³-hybridized carbons (Fsp3) is 0.286. The number of benzene rings is 2. The lowest BCUT2D eigenvalue weighted by Gasteiger charge is -2.13. The van der Waals surface area contributed by atoms with Crippen LogP contribution < -0.4 is 0 Å². The number of halogens is 1. The van der Waals surface area contributed by atoms with Gasteiger partial charge in [0.15, 0.2) is 0 Å². The molecule has 0 N–H and O–H groups in total. The van der Waals surface area contributed by atoms with Crippen LogP contribution in [-0.4, -0.2) is 0 Å². The van der Waals surface area contributed by atoms with Crippen LogP contribution in [-0.2, 0) is 0 Å². The highest BCUT2D eigenvalue weighted by Crippen LogP contribution is 2.30. The van der Waals surface area contributed by atoms with E-state index in [-0.39, 0.29) is 0 Å². The molecule has 0 nitrogen and oxygen atoms in total. The van der Waals surface area contributed by atoms with Crippen molar-refractivity contribution in [2.75, 3.05) is 0 Å². The zero-order valence-corrected chi connectivity index (χ0v) is 11.5. The summed E-state index contributed by atoms with van der Waals surface area (Å²) in [7, 11) is 0. The normalized spacial score (nSPS) is 11.3. The second-order valence-corrected chi connectivity index (χ2v) is 5.44. The summed E-state index contributed by atoms with van der Waals surface area (Å²) >= 11 is 2.43. The van der Waals surface area contributed by atoms with Crippen molar-refractivity contribution in [3.63, 3.8) is 0 Å². The average molecular weight is 310 g/mol. The van der Waals surface area contributed by atoms with Gasteiger partial charge in [-0.2, -0.15) is 0 Å². The van der Waals surface area contributed by atoms with Gasteiger partial charge in [-0.15, -0.1) is 0 Å². The number of rotatable bonds is 1. The molecule has 0 radical (unpaired) electrons. The van der Waals surface area contributed by atoms with Crippen LogP contribution in [0.1, 0.15) is 30.9 Å². The predicted octanol–water partition coefficient (Wildman–Crippen LogP) is 4.88. The first-order chi connectivity index (χ1) is 7.11. The first-order valence-electron chi connectivity index (χ1n) is 5.29. The van der Waals surface area contributed by atoms with E-state index in [0.29, 0.717) is 5.92 Å². The van der Waals surface area contributed by atoms with Gasteiger partial charge in [0.25, 0.3) is 0 Å². The molecule has 0 saturated heterocycles. The Hall–Kier alpha value is -0.570. The van der Waals surface area contributed by atoms with Gasteiger partial charge in [-0.1, -0.05) is 38.1 Å². The minimum Gasteiger partial charge on any atom is -0.0616 e. The molecule has 0 fully saturated rings. The quantitative estimate of drug-likeness (QED) is 0.659. The van der Waals surface area contributed by atoms with Crippen molar-refractivity contribution in [1.29, 1.82) is 0 Å². The molecule has 0 aliphatic rings. The molecular formula is C14H15I. The number of hydrogen-bond acceptors (Lipinski definition) is 0. The summed E-state index contributed by atoms with van der Waals surface area (Å²) in [5.74, 6) is 0.587. The van der Waals surface area contributed by atoms with Crippen LogP contribution in [0.3, 0.4) is 0 Å². The predicted molar refractivity (Wildman–Crippen MR) is 75.5 cm³/mol. The molecule has 0 atom stereocenters. The lowest BCUT2D eigenvalue weighted by molar-refractivity contribution is 0.875. The van der Waals surface area contributed by atoms with Crippen LogP contribution in [0.15, 0.2) is 30.3 Å². The standard InChI is InChI=1S/C14H15I/c1-9(2)13-8-14(15)10(3)11-6-4-5-7-12(11)13/h4-9H,1-3H3. The molecule has 0 aliphatic heterocycles. The van der Waals surface area contributed by atoms with Gasteiger partial charge in [0, 0.05) is 3.57 Å². The lowest BCUT2D eigenvalue weighted by atomic mass is 9.94. The van der Waals surface area contributed by atoms with Crippen LogP contribution in [0.5, 0.6) is 0 Å². The molecule has 0 saturated carbocycles. The SMILES string of the molecule is Cc1c(I)cc(C(C)C)c2ccccc12. The summed E-state index contributed by atoms with van der Waals surface area (Å²) in [4.78, 5) is 0. The van der Waals surface area contributed by atoms with Crippen LogP contribution in [0.25, 0.3) is 10.8 Å². The van der Waals surface area contributed by atoms with Crippen LogP contribution in [0.4, 0.5) is 0 Å². The highest BCUT2D eigenvalue weighted by Gasteiger charge is 2.09. The maximum Gasteiger partial charge on any atom is 0.0168 e. The number of fused-ring (bicyclic) bond motifs is 1. The van der Waals surface area contributed by atoms with E-state index < -0.39 is 0 Å². The maximum atomic E-state index is 2.43. The molecule has 0 bridgehead atoms. The minimum atomic E-state index is 0.587. The molecule has 0 amide bonds. The Bertz CT molecular complexity index is 498. The van der Waals surface area contributed by atoms with E-state index in [2.05, 4.69) is 73.7 Å². The third-order valence-electron chi connectivity index (χ3n) is 2.90. The second kappa shape index (κ2) is 4.12. The van der Waals surface area contributed by atoms with E-state index in [9.17, 15) is 0 Å². The van der Waals surface area contributed by atoms with Gasteiger partial charge in [0.1, 0.15) is 0 Å². The zero-order chi connectivity index (χ0) is 11.0.